The van der Waals surface area contributed by atoms with Gasteiger partial charge in [0.1, 0.15) is 5.01 Å². The fraction of sp³-hybridized carbons (Fsp3) is 0.312. The van der Waals surface area contributed by atoms with Crippen LogP contribution in [0.3, 0.4) is 0 Å². The first-order valence-electron chi connectivity index (χ1n) is 7.57. The lowest BCUT2D eigenvalue weighted by Crippen LogP contribution is -2.22. The minimum Gasteiger partial charge on any atom is -0.464 e. The van der Waals surface area contributed by atoms with Gasteiger partial charge in [-0.2, -0.15) is 4.57 Å². The monoisotopic (exact) mass is 391 g/mol. The average Bonchev–Trinajstić information content (AvgIpc) is 2.91. The number of hydrogen-bond donors (Lipinski definition) is 2. The topological polar surface area (TPSA) is 97.2 Å². The van der Waals surface area contributed by atoms with Crippen molar-refractivity contribution >= 4 is 44.0 Å². The number of aromatic amines is 1. The molecule has 8 heteroatoms. The van der Waals surface area contributed by atoms with Crippen molar-refractivity contribution in [2.24, 2.45) is 0 Å². The summed E-state index contributed by atoms with van der Waals surface area (Å²) < 4.78 is 6.20. The molecule has 2 N–H and O–H groups in total. The Hall–Kier alpha value is -2.19. The highest BCUT2D eigenvalue weighted by molar-refractivity contribution is 9.09. The highest BCUT2D eigenvalue weighted by Gasteiger charge is 2.23. The fourth-order valence-electron chi connectivity index (χ4n) is 3.27. The Morgan fingerprint density at radius 1 is 1.46 bits per heavy atom. The third kappa shape index (κ3) is 2.42. The number of nitrogens with zero attached hydrogens (tertiary/aromatic N) is 2. The second-order valence-electron chi connectivity index (χ2n) is 5.85. The predicted molar refractivity (Wildman–Crippen MR) is 91.9 cm³/mol. The van der Waals surface area contributed by atoms with Gasteiger partial charge in [0.05, 0.1) is 22.7 Å². The molecule has 2 atom stereocenters. The Kier molecular flexibility index (Phi) is 3.65. The van der Waals surface area contributed by atoms with Crippen molar-refractivity contribution in [1.29, 1.82) is 0 Å². The van der Waals surface area contributed by atoms with E-state index in [0.717, 1.165) is 23.8 Å². The van der Waals surface area contributed by atoms with E-state index in [2.05, 4.69) is 25.9 Å². The summed E-state index contributed by atoms with van der Waals surface area (Å²) >= 11 is 3.49. The second kappa shape index (κ2) is 5.71. The Balaban J connectivity index is 1.91. The molecule has 24 heavy (non-hydrogen) atoms. The number of carbonyl (C=O) groups is 1. The molecule has 1 aliphatic rings. The lowest BCUT2D eigenvalue weighted by atomic mass is 9.91. The number of fused-ring (bicyclic) bond motifs is 3. The molecule has 0 saturated carbocycles. The molecule has 3 heterocycles. The van der Waals surface area contributed by atoms with Gasteiger partial charge in [-0.3, -0.25) is 4.98 Å². The first-order chi connectivity index (χ1) is 11.5. The van der Waals surface area contributed by atoms with Gasteiger partial charge in [-0.1, -0.05) is 22.0 Å². The number of benzene rings is 1. The van der Waals surface area contributed by atoms with Crippen LogP contribution in [0.25, 0.3) is 21.9 Å². The van der Waals surface area contributed by atoms with Crippen LogP contribution in [0.5, 0.6) is 0 Å². The standard InChI is InChI=1S/C16H14BrN3O4/c17-13-6-9(3-4-24-13)8-1-2-11-10(5-8)14-12(7-18-11)20(16(22)23)15(21)19-14/h1-2,5,7,9,13H,3-4,6H2,(H,19,21)(H,22,23). The molecule has 4 rings (SSSR count). The molecule has 1 saturated heterocycles. The molecule has 1 aromatic carbocycles. The van der Waals surface area contributed by atoms with E-state index in [1.54, 1.807) is 0 Å². The van der Waals surface area contributed by atoms with Crippen molar-refractivity contribution in [2.75, 3.05) is 6.61 Å². The number of imidazole rings is 1. The summed E-state index contributed by atoms with van der Waals surface area (Å²) in [5.41, 5.74) is 1.93. The molecule has 124 valence electrons. The first-order valence-corrected chi connectivity index (χ1v) is 8.48. The van der Waals surface area contributed by atoms with E-state index < -0.39 is 11.8 Å². The number of halogens is 1. The predicted octanol–water partition coefficient (Wildman–Crippen LogP) is 3.02. The number of pyridine rings is 1. The van der Waals surface area contributed by atoms with Gasteiger partial charge in [-0.15, -0.1) is 0 Å². The van der Waals surface area contributed by atoms with Gasteiger partial charge in [0.2, 0.25) is 0 Å². The molecule has 0 bridgehead atoms. The van der Waals surface area contributed by atoms with Crippen molar-refractivity contribution in [2.45, 2.75) is 23.8 Å². The number of rotatable bonds is 1. The molecule has 0 amide bonds. The van der Waals surface area contributed by atoms with Crippen LogP contribution in [-0.4, -0.2) is 37.4 Å². The third-order valence-corrected chi connectivity index (χ3v) is 5.08. The van der Waals surface area contributed by atoms with Gasteiger partial charge < -0.3 is 14.8 Å². The van der Waals surface area contributed by atoms with Crippen LogP contribution < -0.4 is 5.69 Å². The fourth-order valence-corrected chi connectivity index (χ4v) is 3.91. The zero-order chi connectivity index (χ0) is 16.8. The minimum atomic E-state index is -1.32. The summed E-state index contributed by atoms with van der Waals surface area (Å²) in [5, 5.41) is 9.99. The summed E-state index contributed by atoms with van der Waals surface area (Å²) in [6.07, 6.45) is 1.87. The Morgan fingerprint density at radius 3 is 3.04 bits per heavy atom. The number of alkyl halides is 1. The van der Waals surface area contributed by atoms with Crippen LogP contribution in [0.2, 0.25) is 0 Å². The maximum absolute atomic E-state index is 11.9. The van der Waals surface area contributed by atoms with Gasteiger partial charge in [0.15, 0.2) is 0 Å². The zero-order valence-electron chi connectivity index (χ0n) is 12.5. The number of carboxylic acid groups (broad SMARTS) is 1. The van der Waals surface area contributed by atoms with Gasteiger partial charge in [-0.05, 0) is 36.5 Å². The van der Waals surface area contributed by atoms with E-state index >= 15 is 0 Å². The van der Waals surface area contributed by atoms with Crippen molar-refractivity contribution in [3.05, 3.63) is 40.4 Å². The highest BCUT2D eigenvalue weighted by atomic mass is 79.9. The van der Waals surface area contributed by atoms with Gasteiger partial charge >= 0.3 is 11.8 Å². The van der Waals surface area contributed by atoms with Crippen LogP contribution in [0.15, 0.2) is 29.2 Å². The lowest BCUT2D eigenvalue weighted by Gasteiger charge is -2.26. The molecular formula is C16H14BrN3O4. The Morgan fingerprint density at radius 2 is 2.29 bits per heavy atom. The summed E-state index contributed by atoms with van der Waals surface area (Å²) in [6, 6.07) is 5.92. The van der Waals surface area contributed by atoms with Gasteiger partial charge in [0.25, 0.3) is 0 Å². The average molecular weight is 392 g/mol. The Bertz CT molecular complexity index is 1010. The highest BCUT2D eigenvalue weighted by Crippen LogP contribution is 2.34. The summed E-state index contributed by atoms with van der Waals surface area (Å²) in [4.78, 5) is 30.1. The van der Waals surface area contributed by atoms with Gasteiger partial charge in [0, 0.05) is 12.0 Å². The number of hydrogen-bond acceptors (Lipinski definition) is 4. The molecule has 0 aliphatic carbocycles. The van der Waals surface area contributed by atoms with Crippen molar-refractivity contribution < 1.29 is 14.6 Å². The molecule has 1 aliphatic heterocycles. The lowest BCUT2D eigenvalue weighted by molar-refractivity contribution is 0.0662. The van der Waals surface area contributed by atoms with Crippen LogP contribution in [0.1, 0.15) is 24.3 Å². The first kappa shape index (κ1) is 15.3. The maximum atomic E-state index is 11.9. The maximum Gasteiger partial charge on any atom is 0.420 e. The van der Waals surface area contributed by atoms with Crippen LogP contribution >= 0.6 is 15.9 Å². The molecule has 2 aromatic heterocycles. The van der Waals surface area contributed by atoms with E-state index in [0.29, 0.717) is 28.1 Å². The third-order valence-electron chi connectivity index (χ3n) is 4.45. The molecule has 2 unspecified atom stereocenters. The van der Waals surface area contributed by atoms with E-state index in [1.165, 1.54) is 6.20 Å². The quantitative estimate of drug-likeness (QED) is 0.621. The van der Waals surface area contributed by atoms with Gasteiger partial charge in [-0.25, -0.2) is 9.59 Å². The summed E-state index contributed by atoms with van der Waals surface area (Å²) in [7, 11) is 0. The van der Waals surface area contributed by atoms with E-state index in [4.69, 9.17) is 4.74 Å². The molecule has 0 spiro atoms. The largest absolute Gasteiger partial charge is 0.464 e. The molecule has 3 aromatic rings. The van der Waals surface area contributed by atoms with Crippen LogP contribution in [0, 0.1) is 0 Å². The van der Waals surface area contributed by atoms with E-state index in [9.17, 15) is 14.7 Å². The normalized spacial score (nSPS) is 21.4. The second-order valence-corrected chi connectivity index (χ2v) is 6.87. The number of ether oxygens (including phenoxy) is 1. The van der Waals surface area contributed by atoms with Crippen LogP contribution in [0.4, 0.5) is 4.79 Å². The smallest absolute Gasteiger partial charge is 0.420 e. The van der Waals surface area contributed by atoms with Crippen molar-refractivity contribution in [3.8, 4) is 0 Å². The van der Waals surface area contributed by atoms with E-state index in [1.807, 2.05) is 18.2 Å². The number of H-pyrrole nitrogens is 1. The Labute approximate surface area is 144 Å². The van der Waals surface area contributed by atoms with Crippen molar-refractivity contribution in [1.82, 2.24) is 14.5 Å². The van der Waals surface area contributed by atoms with Crippen molar-refractivity contribution in [3.63, 3.8) is 0 Å². The van der Waals surface area contributed by atoms with E-state index in [-0.39, 0.29) is 10.5 Å². The molecule has 0 radical (unpaired) electrons. The van der Waals surface area contributed by atoms with Crippen LogP contribution in [-0.2, 0) is 4.74 Å². The SMILES string of the molecule is O=C(O)n1c(=O)[nH]c2c3cc(C4CCOC(Br)C4)ccc3ncc21. The number of nitrogens with one attached hydrogen (secondary N) is 1. The zero-order valence-corrected chi connectivity index (χ0v) is 14.1. The summed E-state index contributed by atoms with van der Waals surface area (Å²) in [5.74, 6) is 0.344. The minimum absolute atomic E-state index is 0.0359. The molecular weight excluding hydrogens is 378 g/mol. The summed E-state index contributed by atoms with van der Waals surface area (Å²) in [6.45, 7) is 0.688. The molecule has 7 nitrogen and oxygen atoms in total. The number of aromatic nitrogens is 3. The molecule has 1 fully saturated rings.